The predicted octanol–water partition coefficient (Wildman–Crippen LogP) is 2.04. The van der Waals surface area contributed by atoms with Gasteiger partial charge in [0.05, 0.1) is 6.10 Å². The zero-order chi connectivity index (χ0) is 8.81. The van der Waals surface area contributed by atoms with Gasteiger partial charge >= 0.3 is 0 Å². The van der Waals surface area contributed by atoms with Gasteiger partial charge in [-0.25, -0.2) is 9.97 Å². The van der Waals surface area contributed by atoms with Gasteiger partial charge in [0.15, 0.2) is 0 Å². The van der Waals surface area contributed by atoms with E-state index in [4.69, 9.17) is 4.74 Å². The number of rotatable bonds is 4. The van der Waals surface area contributed by atoms with Gasteiger partial charge in [-0.15, -0.1) is 0 Å². The topological polar surface area (TPSA) is 35.0 Å². The molecule has 12 heavy (non-hydrogen) atoms. The van der Waals surface area contributed by atoms with E-state index in [1.165, 1.54) is 6.33 Å². The monoisotopic (exact) mass is 166 g/mol. The fourth-order valence-corrected chi connectivity index (χ4v) is 1.02. The molecule has 0 spiro atoms. The second-order valence-corrected chi connectivity index (χ2v) is 2.76. The van der Waals surface area contributed by atoms with E-state index < -0.39 is 0 Å². The van der Waals surface area contributed by atoms with Crippen LogP contribution in [0.2, 0.25) is 0 Å². The molecule has 1 rings (SSSR count). The molecule has 0 aliphatic carbocycles. The second-order valence-electron chi connectivity index (χ2n) is 2.76. The second kappa shape index (κ2) is 4.70. The standard InChI is InChI=1S/C9H14N2O/c1-3-4-8(2)12-9-5-6-10-7-11-9/h5-8H,3-4H2,1-2H3. The fourth-order valence-electron chi connectivity index (χ4n) is 1.02. The van der Waals surface area contributed by atoms with Crippen molar-refractivity contribution in [1.82, 2.24) is 9.97 Å². The minimum absolute atomic E-state index is 0.241. The molecule has 1 aromatic rings. The van der Waals surface area contributed by atoms with Crippen LogP contribution in [0.1, 0.15) is 26.7 Å². The summed E-state index contributed by atoms with van der Waals surface area (Å²) in [5.41, 5.74) is 0. The van der Waals surface area contributed by atoms with Crippen molar-refractivity contribution >= 4 is 0 Å². The Labute approximate surface area is 72.8 Å². The molecule has 66 valence electrons. The largest absolute Gasteiger partial charge is 0.475 e. The molecule has 0 saturated heterocycles. The first-order chi connectivity index (χ1) is 5.83. The van der Waals surface area contributed by atoms with Crippen molar-refractivity contribution in [2.45, 2.75) is 32.8 Å². The molecule has 3 nitrogen and oxygen atoms in total. The molecule has 1 aromatic heterocycles. The van der Waals surface area contributed by atoms with Gasteiger partial charge in [-0.1, -0.05) is 13.3 Å². The molecule has 0 N–H and O–H groups in total. The Balaban J connectivity index is 2.41. The molecule has 1 unspecified atom stereocenters. The predicted molar refractivity (Wildman–Crippen MR) is 47.0 cm³/mol. The Morgan fingerprint density at radius 3 is 3.00 bits per heavy atom. The summed E-state index contributed by atoms with van der Waals surface area (Å²) in [7, 11) is 0. The van der Waals surface area contributed by atoms with Crippen LogP contribution in [0.4, 0.5) is 0 Å². The van der Waals surface area contributed by atoms with Crippen molar-refractivity contribution in [2.24, 2.45) is 0 Å². The zero-order valence-electron chi connectivity index (χ0n) is 7.53. The molecular weight excluding hydrogens is 152 g/mol. The van der Waals surface area contributed by atoms with Gasteiger partial charge in [-0.2, -0.15) is 0 Å². The van der Waals surface area contributed by atoms with E-state index in [2.05, 4.69) is 16.9 Å². The first kappa shape index (κ1) is 8.97. The number of ether oxygens (including phenoxy) is 1. The quantitative estimate of drug-likeness (QED) is 0.686. The van der Waals surface area contributed by atoms with E-state index in [0.29, 0.717) is 5.88 Å². The molecule has 0 aliphatic rings. The average molecular weight is 166 g/mol. The molecule has 0 aromatic carbocycles. The molecular formula is C9H14N2O. The molecule has 1 heterocycles. The van der Waals surface area contributed by atoms with Gasteiger partial charge < -0.3 is 4.74 Å². The van der Waals surface area contributed by atoms with Gasteiger partial charge in [0.1, 0.15) is 6.33 Å². The highest BCUT2D eigenvalue weighted by molar-refractivity contribution is 5.04. The van der Waals surface area contributed by atoms with Crippen LogP contribution in [0, 0.1) is 0 Å². The molecule has 0 aliphatic heterocycles. The van der Waals surface area contributed by atoms with Crippen molar-refractivity contribution in [1.29, 1.82) is 0 Å². The summed E-state index contributed by atoms with van der Waals surface area (Å²) in [6.45, 7) is 4.19. The molecule has 0 saturated carbocycles. The Kier molecular flexibility index (Phi) is 3.51. The normalized spacial score (nSPS) is 12.5. The Bertz CT molecular complexity index is 213. The molecule has 0 bridgehead atoms. The van der Waals surface area contributed by atoms with Crippen LogP contribution in [-0.4, -0.2) is 16.1 Å². The van der Waals surface area contributed by atoms with Gasteiger partial charge in [0, 0.05) is 12.3 Å². The highest BCUT2D eigenvalue weighted by Gasteiger charge is 2.01. The lowest BCUT2D eigenvalue weighted by Gasteiger charge is -2.11. The number of hydrogen-bond acceptors (Lipinski definition) is 3. The lowest BCUT2D eigenvalue weighted by molar-refractivity contribution is 0.201. The van der Waals surface area contributed by atoms with E-state index in [-0.39, 0.29) is 6.10 Å². The zero-order valence-corrected chi connectivity index (χ0v) is 7.53. The van der Waals surface area contributed by atoms with Crippen LogP contribution in [0.15, 0.2) is 18.6 Å². The van der Waals surface area contributed by atoms with Crippen molar-refractivity contribution in [3.05, 3.63) is 18.6 Å². The van der Waals surface area contributed by atoms with Crippen LogP contribution in [0.25, 0.3) is 0 Å². The number of aromatic nitrogens is 2. The van der Waals surface area contributed by atoms with E-state index in [1.54, 1.807) is 12.3 Å². The first-order valence-corrected chi connectivity index (χ1v) is 4.25. The molecule has 1 atom stereocenters. The third-order valence-electron chi connectivity index (χ3n) is 1.57. The van der Waals surface area contributed by atoms with Crippen molar-refractivity contribution in [3.63, 3.8) is 0 Å². The highest BCUT2D eigenvalue weighted by atomic mass is 16.5. The SMILES string of the molecule is CCCC(C)Oc1ccncn1. The summed E-state index contributed by atoms with van der Waals surface area (Å²) >= 11 is 0. The third kappa shape index (κ3) is 2.86. The third-order valence-corrected chi connectivity index (χ3v) is 1.57. The van der Waals surface area contributed by atoms with Gasteiger partial charge in [-0.05, 0) is 13.3 Å². The van der Waals surface area contributed by atoms with Crippen LogP contribution in [0.5, 0.6) is 5.88 Å². The lowest BCUT2D eigenvalue weighted by Crippen LogP contribution is -2.11. The molecule has 3 heteroatoms. The maximum atomic E-state index is 5.50. The van der Waals surface area contributed by atoms with Crippen molar-refractivity contribution in [2.75, 3.05) is 0 Å². The first-order valence-electron chi connectivity index (χ1n) is 4.25. The summed E-state index contributed by atoms with van der Waals surface area (Å²) in [5, 5.41) is 0. The lowest BCUT2D eigenvalue weighted by atomic mass is 10.2. The minimum atomic E-state index is 0.241. The van der Waals surface area contributed by atoms with Crippen LogP contribution >= 0.6 is 0 Å². The van der Waals surface area contributed by atoms with E-state index >= 15 is 0 Å². The molecule has 0 radical (unpaired) electrons. The highest BCUT2D eigenvalue weighted by Crippen LogP contribution is 2.08. The summed E-state index contributed by atoms with van der Waals surface area (Å²) in [4.78, 5) is 7.78. The van der Waals surface area contributed by atoms with Crippen LogP contribution in [0.3, 0.4) is 0 Å². The Morgan fingerprint density at radius 2 is 2.42 bits per heavy atom. The fraction of sp³-hybridized carbons (Fsp3) is 0.556. The molecule has 0 fully saturated rings. The summed E-state index contributed by atoms with van der Waals surface area (Å²) in [6, 6.07) is 1.77. The van der Waals surface area contributed by atoms with Crippen LogP contribution in [-0.2, 0) is 0 Å². The van der Waals surface area contributed by atoms with E-state index in [1.807, 2.05) is 6.92 Å². The Morgan fingerprint density at radius 1 is 1.58 bits per heavy atom. The number of hydrogen-bond donors (Lipinski definition) is 0. The summed E-state index contributed by atoms with van der Waals surface area (Å²) in [6.07, 6.45) is 5.61. The van der Waals surface area contributed by atoms with Gasteiger partial charge in [0.25, 0.3) is 0 Å². The summed E-state index contributed by atoms with van der Waals surface area (Å²) in [5.74, 6) is 0.658. The average Bonchev–Trinajstić information content (AvgIpc) is 2.06. The van der Waals surface area contributed by atoms with E-state index in [9.17, 15) is 0 Å². The van der Waals surface area contributed by atoms with E-state index in [0.717, 1.165) is 12.8 Å². The summed E-state index contributed by atoms with van der Waals surface area (Å²) < 4.78 is 5.50. The maximum absolute atomic E-state index is 5.50. The van der Waals surface area contributed by atoms with Crippen molar-refractivity contribution in [3.8, 4) is 5.88 Å². The van der Waals surface area contributed by atoms with Crippen molar-refractivity contribution < 1.29 is 4.74 Å². The number of nitrogens with zero attached hydrogens (tertiary/aromatic N) is 2. The van der Waals surface area contributed by atoms with Gasteiger partial charge in [0.2, 0.25) is 5.88 Å². The molecule has 0 amide bonds. The Hall–Kier alpha value is -1.12. The smallest absolute Gasteiger partial charge is 0.216 e. The minimum Gasteiger partial charge on any atom is -0.475 e. The maximum Gasteiger partial charge on any atom is 0.216 e. The van der Waals surface area contributed by atoms with Crippen LogP contribution < -0.4 is 4.74 Å². The van der Waals surface area contributed by atoms with Gasteiger partial charge in [-0.3, -0.25) is 0 Å².